The van der Waals surface area contributed by atoms with E-state index >= 15 is 0 Å². The van der Waals surface area contributed by atoms with Crippen molar-refractivity contribution in [2.24, 2.45) is 0 Å². The van der Waals surface area contributed by atoms with E-state index in [1.165, 1.54) is 5.56 Å². The lowest BCUT2D eigenvalue weighted by Crippen LogP contribution is -2.27. The minimum Gasteiger partial charge on any atom is -0.493 e. The van der Waals surface area contributed by atoms with Gasteiger partial charge in [0.15, 0.2) is 0 Å². The van der Waals surface area contributed by atoms with E-state index in [4.69, 9.17) is 4.74 Å². The highest BCUT2D eigenvalue weighted by atomic mass is 16.5. The number of benzene rings is 2. The van der Waals surface area contributed by atoms with Crippen LogP contribution in [0.1, 0.15) is 34.0 Å². The lowest BCUT2D eigenvalue weighted by molar-refractivity contribution is 0.0950. The Morgan fingerprint density at radius 2 is 1.85 bits per heavy atom. The van der Waals surface area contributed by atoms with Crippen LogP contribution in [0.2, 0.25) is 0 Å². The minimum atomic E-state index is -0.206. The molecule has 0 aliphatic heterocycles. The summed E-state index contributed by atoms with van der Waals surface area (Å²) in [6.07, 6.45) is 0.459. The van der Waals surface area contributed by atoms with Gasteiger partial charge < -0.3 is 15.0 Å². The number of hydrogen-bond acceptors (Lipinski definition) is 3. The van der Waals surface area contributed by atoms with Crippen molar-refractivity contribution in [2.45, 2.75) is 27.2 Å². The van der Waals surface area contributed by atoms with Crippen molar-refractivity contribution in [1.82, 2.24) is 10.3 Å². The number of ether oxygens (including phenoxy) is 1. The lowest BCUT2D eigenvalue weighted by Gasteiger charge is -2.11. The Morgan fingerprint density at radius 1 is 1.11 bits per heavy atom. The van der Waals surface area contributed by atoms with Crippen LogP contribution in [0.25, 0.3) is 10.9 Å². The van der Waals surface area contributed by atoms with E-state index in [1.807, 2.05) is 32.0 Å². The number of rotatable bonds is 6. The van der Waals surface area contributed by atoms with Gasteiger partial charge in [0.05, 0.1) is 12.2 Å². The van der Waals surface area contributed by atoms with Gasteiger partial charge in [-0.3, -0.25) is 9.59 Å². The molecular formula is C22H24N2O3. The van der Waals surface area contributed by atoms with Gasteiger partial charge in [0, 0.05) is 17.6 Å². The Kier molecular flexibility index (Phi) is 5.60. The predicted octanol–water partition coefficient (Wildman–Crippen LogP) is 3.52. The molecule has 0 saturated heterocycles. The summed E-state index contributed by atoms with van der Waals surface area (Å²) in [5.74, 6) is 0.356. The molecule has 0 radical (unpaired) electrons. The Hall–Kier alpha value is -3.08. The maximum absolute atomic E-state index is 12.4. The molecule has 2 N–H and O–H groups in total. The van der Waals surface area contributed by atoms with Gasteiger partial charge in [-0.25, -0.2) is 0 Å². The summed E-state index contributed by atoms with van der Waals surface area (Å²) in [7, 11) is 0. The van der Waals surface area contributed by atoms with E-state index in [0.717, 1.165) is 16.5 Å². The number of nitrogens with one attached hydrogen (secondary N) is 2. The Morgan fingerprint density at radius 3 is 2.63 bits per heavy atom. The standard InChI is InChI=1S/C22H24N2O3/c1-4-27-20-8-6-5-7-18(20)22(26)23-10-9-16-13-17-11-14(2)15(3)12-19(17)24-21(16)25/h5-8,11-13H,4,9-10H2,1-3H3,(H,23,26)(H,24,25). The van der Waals surface area contributed by atoms with Gasteiger partial charge in [0.2, 0.25) is 0 Å². The zero-order valence-corrected chi connectivity index (χ0v) is 15.9. The van der Waals surface area contributed by atoms with Crippen LogP contribution in [0, 0.1) is 13.8 Å². The maximum atomic E-state index is 12.4. The number of para-hydroxylation sites is 1. The zero-order valence-electron chi connectivity index (χ0n) is 15.9. The summed E-state index contributed by atoms with van der Waals surface area (Å²) in [6.45, 7) is 6.82. The van der Waals surface area contributed by atoms with E-state index in [-0.39, 0.29) is 11.5 Å². The van der Waals surface area contributed by atoms with E-state index < -0.39 is 0 Å². The molecule has 0 fully saturated rings. The SMILES string of the molecule is CCOc1ccccc1C(=O)NCCc1cc2cc(C)c(C)cc2[nH]c1=O. The lowest BCUT2D eigenvalue weighted by atomic mass is 10.0. The molecule has 140 valence electrons. The van der Waals surface area contributed by atoms with Crippen LogP contribution in [0.3, 0.4) is 0 Å². The average Bonchev–Trinajstić information content (AvgIpc) is 2.64. The summed E-state index contributed by atoms with van der Waals surface area (Å²) in [5, 5.41) is 3.87. The number of carbonyl (C=O) groups excluding carboxylic acids is 1. The fourth-order valence-corrected chi connectivity index (χ4v) is 3.05. The maximum Gasteiger partial charge on any atom is 0.255 e. The molecule has 0 unspecified atom stereocenters. The molecule has 0 aliphatic rings. The quantitative estimate of drug-likeness (QED) is 0.703. The van der Waals surface area contributed by atoms with Gasteiger partial charge >= 0.3 is 0 Å². The second kappa shape index (κ2) is 8.08. The first-order valence-electron chi connectivity index (χ1n) is 9.12. The molecule has 3 aromatic rings. The zero-order chi connectivity index (χ0) is 19.4. The van der Waals surface area contributed by atoms with Crippen LogP contribution in [0.5, 0.6) is 5.75 Å². The largest absolute Gasteiger partial charge is 0.493 e. The first-order chi connectivity index (χ1) is 13.0. The number of pyridine rings is 1. The second-order valence-electron chi connectivity index (χ2n) is 6.58. The highest BCUT2D eigenvalue weighted by molar-refractivity contribution is 5.96. The van der Waals surface area contributed by atoms with E-state index in [9.17, 15) is 9.59 Å². The van der Waals surface area contributed by atoms with Gasteiger partial charge in [0.25, 0.3) is 11.5 Å². The van der Waals surface area contributed by atoms with Crippen molar-refractivity contribution >= 4 is 16.8 Å². The number of H-pyrrole nitrogens is 1. The molecule has 0 aliphatic carbocycles. The molecule has 0 spiro atoms. The van der Waals surface area contributed by atoms with Crippen LogP contribution in [0.4, 0.5) is 0 Å². The smallest absolute Gasteiger partial charge is 0.255 e. The van der Waals surface area contributed by atoms with Gasteiger partial charge in [-0.05, 0) is 74.0 Å². The molecule has 5 nitrogen and oxygen atoms in total. The van der Waals surface area contributed by atoms with Crippen LogP contribution in [-0.4, -0.2) is 24.0 Å². The third-order valence-corrected chi connectivity index (χ3v) is 4.65. The first kappa shape index (κ1) is 18.7. The number of aromatic nitrogens is 1. The van der Waals surface area contributed by atoms with Crippen LogP contribution in [-0.2, 0) is 6.42 Å². The fraction of sp³-hybridized carbons (Fsp3) is 0.273. The van der Waals surface area contributed by atoms with Crippen molar-refractivity contribution in [3.63, 3.8) is 0 Å². The summed E-state index contributed by atoms with van der Waals surface area (Å²) in [6, 6.07) is 13.1. The van der Waals surface area contributed by atoms with Gasteiger partial charge in [-0.15, -0.1) is 0 Å². The molecule has 2 aromatic carbocycles. The number of amides is 1. The van der Waals surface area contributed by atoms with Gasteiger partial charge in [0.1, 0.15) is 5.75 Å². The van der Waals surface area contributed by atoms with Crippen molar-refractivity contribution in [1.29, 1.82) is 0 Å². The summed E-state index contributed by atoms with van der Waals surface area (Å²) < 4.78 is 5.50. The molecule has 0 saturated carbocycles. The number of hydrogen-bond donors (Lipinski definition) is 2. The van der Waals surface area contributed by atoms with E-state index in [2.05, 4.69) is 23.3 Å². The third kappa shape index (κ3) is 4.19. The van der Waals surface area contributed by atoms with Gasteiger partial charge in [-0.2, -0.15) is 0 Å². The summed E-state index contributed by atoms with van der Waals surface area (Å²) >= 11 is 0. The Balaban J connectivity index is 1.72. The molecule has 27 heavy (non-hydrogen) atoms. The number of aryl methyl sites for hydroxylation is 2. The molecule has 1 heterocycles. The van der Waals surface area contributed by atoms with Gasteiger partial charge in [-0.1, -0.05) is 12.1 Å². The van der Waals surface area contributed by atoms with Crippen molar-refractivity contribution in [2.75, 3.05) is 13.2 Å². The average molecular weight is 364 g/mol. The fourth-order valence-electron chi connectivity index (χ4n) is 3.05. The van der Waals surface area contributed by atoms with Crippen LogP contribution >= 0.6 is 0 Å². The summed E-state index contributed by atoms with van der Waals surface area (Å²) in [4.78, 5) is 27.7. The Bertz CT molecular complexity index is 1040. The van der Waals surface area contributed by atoms with Crippen molar-refractivity contribution < 1.29 is 9.53 Å². The Labute approximate surface area is 158 Å². The normalized spacial score (nSPS) is 10.8. The first-order valence-corrected chi connectivity index (χ1v) is 9.12. The van der Waals surface area contributed by atoms with Crippen molar-refractivity contribution in [3.05, 3.63) is 75.1 Å². The topological polar surface area (TPSA) is 71.2 Å². The molecule has 1 amide bonds. The van der Waals surface area contributed by atoms with Crippen molar-refractivity contribution in [3.8, 4) is 5.75 Å². The van der Waals surface area contributed by atoms with Crippen LogP contribution in [0.15, 0.2) is 47.3 Å². The molecule has 3 rings (SSSR count). The molecule has 1 aromatic heterocycles. The minimum absolute atomic E-state index is 0.116. The van der Waals surface area contributed by atoms with E-state index in [0.29, 0.717) is 36.4 Å². The molecular weight excluding hydrogens is 340 g/mol. The highest BCUT2D eigenvalue weighted by Crippen LogP contribution is 2.18. The predicted molar refractivity (Wildman–Crippen MR) is 108 cm³/mol. The number of carbonyl (C=O) groups is 1. The third-order valence-electron chi connectivity index (χ3n) is 4.65. The number of aromatic amines is 1. The molecule has 0 atom stereocenters. The molecule has 5 heteroatoms. The summed E-state index contributed by atoms with van der Waals surface area (Å²) in [5.41, 5.74) is 4.20. The number of fused-ring (bicyclic) bond motifs is 1. The van der Waals surface area contributed by atoms with Crippen LogP contribution < -0.4 is 15.6 Å². The van der Waals surface area contributed by atoms with E-state index in [1.54, 1.807) is 18.2 Å². The highest BCUT2D eigenvalue weighted by Gasteiger charge is 2.12. The monoisotopic (exact) mass is 364 g/mol. The second-order valence-corrected chi connectivity index (χ2v) is 6.58. The molecule has 0 bridgehead atoms.